The molecule has 35 heavy (non-hydrogen) atoms. The van der Waals surface area contributed by atoms with Crippen molar-refractivity contribution in [2.45, 2.75) is 13.5 Å². The van der Waals surface area contributed by atoms with E-state index < -0.39 is 4.92 Å². The van der Waals surface area contributed by atoms with Gasteiger partial charge in [0, 0.05) is 37.5 Å². The molecule has 0 aliphatic heterocycles. The van der Waals surface area contributed by atoms with Crippen molar-refractivity contribution in [2.75, 3.05) is 38.3 Å². The lowest BCUT2D eigenvalue weighted by molar-refractivity contribution is -0.384. The van der Waals surface area contributed by atoms with Crippen LogP contribution in [0.2, 0.25) is 10.3 Å². The number of methoxy groups -OCH3 is 1. The van der Waals surface area contributed by atoms with Crippen molar-refractivity contribution in [3.63, 3.8) is 0 Å². The predicted molar refractivity (Wildman–Crippen MR) is 134 cm³/mol. The Kier molecular flexibility index (Phi) is 11.5. The van der Waals surface area contributed by atoms with Gasteiger partial charge in [-0.25, -0.2) is 9.97 Å². The quantitative estimate of drug-likeness (QED) is 0.156. The van der Waals surface area contributed by atoms with Crippen molar-refractivity contribution in [2.24, 2.45) is 0 Å². The van der Waals surface area contributed by atoms with Gasteiger partial charge in [0.15, 0.2) is 0 Å². The summed E-state index contributed by atoms with van der Waals surface area (Å²) in [4.78, 5) is 24.5. The summed E-state index contributed by atoms with van der Waals surface area (Å²) in [7, 11) is 1.43. The summed E-state index contributed by atoms with van der Waals surface area (Å²) in [6, 6.07) is 8.33. The molecule has 0 aromatic carbocycles. The van der Waals surface area contributed by atoms with Gasteiger partial charge in [0.2, 0.25) is 11.7 Å². The molecule has 0 amide bonds. The Bertz CT molecular complexity index is 1090. The Morgan fingerprint density at radius 2 is 1.80 bits per heavy atom. The molecular formula is C22H26Cl2N6O5. The number of anilines is 2. The van der Waals surface area contributed by atoms with Gasteiger partial charge in [-0.3, -0.25) is 10.1 Å². The lowest BCUT2D eigenvalue weighted by atomic mass is 10.2. The number of rotatable bonds is 10. The van der Waals surface area contributed by atoms with Crippen LogP contribution in [0, 0.1) is 17.0 Å². The number of nitro groups is 1. The van der Waals surface area contributed by atoms with E-state index in [2.05, 4.69) is 20.3 Å². The topological polar surface area (TPSA) is 147 Å². The number of aryl methyl sites for hydroxylation is 1. The minimum atomic E-state index is -0.509. The standard InChI is InChI=1S/C14H15ClN4O4.C8H11ClN2O/c1-9-7-12(23-2)17-14(13(9)19(21)22)18(5-6-20)10-3-4-11(15)16-8-10;9-8-2-1-7(6-11-8)5-10-3-4-12/h3-4,7-8,20H,5-6H2,1-2H3;1-2,6,10,12H,3-5H2. The molecule has 0 spiro atoms. The van der Waals surface area contributed by atoms with Gasteiger partial charge >= 0.3 is 5.69 Å². The summed E-state index contributed by atoms with van der Waals surface area (Å²) >= 11 is 11.4. The zero-order valence-corrected chi connectivity index (χ0v) is 20.7. The smallest absolute Gasteiger partial charge is 0.315 e. The number of halogens is 2. The highest BCUT2D eigenvalue weighted by Crippen LogP contribution is 2.36. The maximum atomic E-state index is 11.4. The highest BCUT2D eigenvalue weighted by atomic mass is 35.5. The van der Waals surface area contributed by atoms with Gasteiger partial charge in [0.1, 0.15) is 10.3 Å². The van der Waals surface area contributed by atoms with E-state index in [0.717, 1.165) is 5.56 Å². The van der Waals surface area contributed by atoms with Crippen molar-refractivity contribution in [3.05, 3.63) is 74.3 Å². The highest BCUT2D eigenvalue weighted by molar-refractivity contribution is 6.29. The first-order valence-corrected chi connectivity index (χ1v) is 11.2. The molecule has 0 atom stereocenters. The predicted octanol–water partition coefficient (Wildman–Crippen LogP) is 3.30. The lowest BCUT2D eigenvalue weighted by Gasteiger charge is -2.23. The minimum Gasteiger partial charge on any atom is -0.481 e. The second-order valence-electron chi connectivity index (χ2n) is 7.01. The van der Waals surface area contributed by atoms with Crippen LogP contribution in [0.3, 0.4) is 0 Å². The van der Waals surface area contributed by atoms with Crippen molar-refractivity contribution < 1.29 is 19.9 Å². The number of aliphatic hydroxyl groups is 2. The summed E-state index contributed by atoms with van der Waals surface area (Å²) in [5.41, 5.74) is 1.83. The second kappa shape index (κ2) is 14.3. The fraction of sp³-hybridized carbons (Fsp3) is 0.318. The molecule has 0 unspecified atom stereocenters. The summed E-state index contributed by atoms with van der Waals surface area (Å²) < 4.78 is 5.09. The first-order valence-electron chi connectivity index (χ1n) is 10.4. The zero-order chi connectivity index (χ0) is 25.8. The fourth-order valence-corrected chi connectivity index (χ4v) is 3.17. The molecule has 0 saturated carbocycles. The maximum absolute atomic E-state index is 11.4. The molecule has 188 valence electrons. The number of aliphatic hydroxyl groups excluding tert-OH is 2. The molecular weight excluding hydrogens is 499 g/mol. The Morgan fingerprint density at radius 3 is 2.31 bits per heavy atom. The van der Waals surface area contributed by atoms with Crippen molar-refractivity contribution in [3.8, 4) is 5.88 Å². The number of hydrogen-bond acceptors (Lipinski definition) is 10. The van der Waals surface area contributed by atoms with E-state index >= 15 is 0 Å². The van der Waals surface area contributed by atoms with Crippen LogP contribution >= 0.6 is 23.2 Å². The van der Waals surface area contributed by atoms with Crippen LogP contribution in [-0.4, -0.2) is 63.5 Å². The van der Waals surface area contributed by atoms with Gasteiger partial charge in [-0.2, -0.15) is 4.98 Å². The monoisotopic (exact) mass is 524 g/mol. The summed E-state index contributed by atoms with van der Waals surface area (Å²) in [5.74, 6) is 0.318. The van der Waals surface area contributed by atoms with Crippen molar-refractivity contribution in [1.82, 2.24) is 20.3 Å². The molecule has 3 heterocycles. The van der Waals surface area contributed by atoms with E-state index in [4.69, 9.17) is 33.0 Å². The molecule has 3 aromatic heterocycles. The van der Waals surface area contributed by atoms with Crippen LogP contribution in [0.4, 0.5) is 17.2 Å². The van der Waals surface area contributed by atoms with Crippen LogP contribution < -0.4 is 15.0 Å². The SMILES string of the molecule is COc1cc(C)c([N+](=O)[O-])c(N(CCO)c2ccc(Cl)nc2)n1.OCCNCc1ccc(Cl)nc1. The highest BCUT2D eigenvalue weighted by Gasteiger charge is 2.26. The molecule has 3 aromatic rings. The van der Waals surface area contributed by atoms with E-state index in [-0.39, 0.29) is 37.1 Å². The average Bonchev–Trinajstić information content (AvgIpc) is 2.84. The molecule has 3 rings (SSSR count). The summed E-state index contributed by atoms with van der Waals surface area (Å²) in [5, 5.41) is 33.1. The van der Waals surface area contributed by atoms with Crippen LogP contribution in [0.1, 0.15) is 11.1 Å². The van der Waals surface area contributed by atoms with Crippen molar-refractivity contribution in [1.29, 1.82) is 0 Å². The Morgan fingerprint density at radius 1 is 1.11 bits per heavy atom. The van der Waals surface area contributed by atoms with Crippen molar-refractivity contribution >= 4 is 40.4 Å². The third-order valence-corrected chi connectivity index (χ3v) is 4.99. The van der Waals surface area contributed by atoms with Crippen LogP contribution in [0.15, 0.2) is 42.7 Å². The summed E-state index contributed by atoms with van der Waals surface area (Å²) in [6.45, 7) is 2.94. The van der Waals surface area contributed by atoms with Gasteiger partial charge in [-0.05, 0) is 30.7 Å². The third kappa shape index (κ3) is 8.57. The molecule has 0 fully saturated rings. The van der Waals surface area contributed by atoms with E-state index in [1.807, 2.05) is 6.07 Å². The normalized spacial score (nSPS) is 10.3. The van der Waals surface area contributed by atoms with E-state index in [1.54, 1.807) is 31.3 Å². The number of nitrogens with one attached hydrogen (secondary N) is 1. The van der Waals surface area contributed by atoms with Gasteiger partial charge in [-0.1, -0.05) is 29.3 Å². The second-order valence-corrected chi connectivity index (χ2v) is 7.79. The van der Waals surface area contributed by atoms with Gasteiger partial charge in [0.05, 0.1) is 37.1 Å². The lowest BCUT2D eigenvalue weighted by Crippen LogP contribution is -2.23. The van der Waals surface area contributed by atoms with E-state index in [1.165, 1.54) is 24.3 Å². The van der Waals surface area contributed by atoms with Gasteiger partial charge in [-0.15, -0.1) is 0 Å². The number of aromatic nitrogens is 3. The fourth-order valence-electron chi connectivity index (χ4n) is 2.95. The molecule has 3 N–H and O–H groups in total. The number of ether oxygens (including phenoxy) is 1. The van der Waals surface area contributed by atoms with Crippen LogP contribution in [-0.2, 0) is 6.54 Å². The molecule has 13 heteroatoms. The minimum absolute atomic E-state index is 0.0741. The molecule has 0 bridgehead atoms. The first-order chi connectivity index (χ1) is 16.8. The number of hydrogen-bond donors (Lipinski definition) is 3. The average molecular weight is 525 g/mol. The third-order valence-electron chi connectivity index (χ3n) is 4.54. The molecule has 0 aliphatic rings. The molecule has 0 radical (unpaired) electrons. The Hall–Kier alpha value is -3.09. The summed E-state index contributed by atoms with van der Waals surface area (Å²) in [6.07, 6.45) is 3.17. The largest absolute Gasteiger partial charge is 0.481 e. The van der Waals surface area contributed by atoms with E-state index in [0.29, 0.717) is 34.6 Å². The zero-order valence-electron chi connectivity index (χ0n) is 19.2. The Labute approximate surface area is 212 Å². The first kappa shape index (κ1) is 28.1. The molecule has 0 aliphatic carbocycles. The number of pyridine rings is 3. The van der Waals surface area contributed by atoms with Crippen LogP contribution in [0.25, 0.3) is 0 Å². The Balaban J connectivity index is 0.000000303. The van der Waals surface area contributed by atoms with E-state index in [9.17, 15) is 15.2 Å². The van der Waals surface area contributed by atoms with Gasteiger partial charge in [0.25, 0.3) is 0 Å². The number of nitrogens with zero attached hydrogens (tertiary/aromatic N) is 5. The molecule has 11 nitrogen and oxygen atoms in total. The maximum Gasteiger partial charge on any atom is 0.315 e. The molecule has 0 saturated heterocycles. The van der Waals surface area contributed by atoms with Crippen LogP contribution in [0.5, 0.6) is 5.88 Å². The van der Waals surface area contributed by atoms with Gasteiger partial charge < -0.3 is 25.2 Å².